The van der Waals surface area contributed by atoms with Crippen molar-refractivity contribution in [3.8, 4) is 0 Å². The fraction of sp³-hybridized carbons (Fsp3) is 0.458. The molecule has 5 nitrogen and oxygen atoms in total. The number of aromatic nitrogens is 1. The molecule has 0 spiro atoms. The fourth-order valence-corrected chi connectivity index (χ4v) is 4.57. The van der Waals surface area contributed by atoms with Gasteiger partial charge in [-0.15, -0.1) is 11.8 Å². The van der Waals surface area contributed by atoms with E-state index in [0.717, 1.165) is 49.4 Å². The van der Waals surface area contributed by atoms with Crippen LogP contribution in [0.25, 0.3) is 0 Å². The molecule has 1 aromatic carbocycles. The maximum Gasteiger partial charge on any atom is 0.232 e. The normalized spacial score (nSPS) is 16.3. The van der Waals surface area contributed by atoms with Gasteiger partial charge in [0, 0.05) is 56.3 Å². The molecule has 1 aliphatic rings. The topological polar surface area (TPSA) is 53.5 Å². The van der Waals surface area contributed by atoms with Crippen LogP contribution in [0.5, 0.6) is 0 Å². The maximum atomic E-state index is 12.6. The lowest BCUT2D eigenvalue weighted by molar-refractivity contribution is -0.130. The van der Waals surface area contributed by atoms with Gasteiger partial charge in [0.15, 0.2) is 0 Å². The molecule has 0 aliphatic carbocycles. The fourth-order valence-electron chi connectivity index (χ4n) is 3.75. The predicted octanol–water partition coefficient (Wildman–Crippen LogP) is 3.89. The highest BCUT2D eigenvalue weighted by Crippen LogP contribution is 2.23. The highest BCUT2D eigenvalue weighted by Gasteiger charge is 2.24. The van der Waals surface area contributed by atoms with Crippen molar-refractivity contribution < 1.29 is 9.59 Å². The van der Waals surface area contributed by atoms with E-state index < -0.39 is 0 Å². The summed E-state index contributed by atoms with van der Waals surface area (Å²) in [6.07, 6.45) is 6.07. The van der Waals surface area contributed by atoms with Crippen LogP contribution in [0.4, 0.5) is 0 Å². The first-order valence-electron chi connectivity index (χ1n) is 10.7. The quantitative estimate of drug-likeness (QED) is 0.572. The Balaban J connectivity index is 1.37. The highest BCUT2D eigenvalue weighted by atomic mass is 32.2. The Bertz CT molecular complexity index is 801. The van der Waals surface area contributed by atoms with Crippen LogP contribution in [-0.4, -0.2) is 59.0 Å². The Morgan fingerprint density at radius 2 is 1.97 bits per heavy atom. The van der Waals surface area contributed by atoms with Gasteiger partial charge in [0.2, 0.25) is 11.8 Å². The number of rotatable bonds is 9. The second kappa shape index (κ2) is 11.7. The van der Waals surface area contributed by atoms with E-state index in [0.29, 0.717) is 24.6 Å². The minimum absolute atomic E-state index is 0.175. The van der Waals surface area contributed by atoms with Crippen molar-refractivity contribution in [3.05, 3.63) is 60.4 Å². The first kappa shape index (κ1) is 22.3. The van der Waals surface area contributed by atoms with Gasteiger partial charge < -0.3 is 9.80 Å². The van der Waals surface area contributed by atoms with Crippen LogP contribution >= 0.6 is 11.8 Å². The molecule has 2 aromatic rings. The molecule has 1 unspecified atom stereocenters. The molecule has 0 N–H and O–H groups in total. The van der Waals surface area contributed by atoms with Crippen LogP contribution in [0, 0.1) is 5.92 Å². The van der Waals surface area contributed by atoms with Gasteiger partial charge in [-0.3, -0.25) is 14.6 Å². The van der Waals surface area contributed by atoms with Gasteiger partial charge in [-0.1, -0.05) is 24.3 Å². The zero-order valence-corrected chi connectivity index (χ0v) is 18.5. The first-order chi connectivity index (χ1) is 14.6. The average Bonchev–Trinajstić information content (AvgIpc) is 2.81. The largest absolute Gasteiger partial charge is 0.345 e. The summed E-state index contributed by atoms with van der Waals surface area (Å²) in [4.78, 5) is 34.3. The second-order valence-corrected chi connectivity index (χ2v) is 8.92. The summed E-state index contributed by atoms with van der Waals surface area (Å²) in [5.74, 6) is 1.27. The van der Waals surface area contributed by atoms with Crippen LogP contribution in [0.3, 0.4) is 0 Å². The Morgan fingerprint density at radius 3 is 2.73 bits per heavy atom. The van der Waals surface area contributed by atoms with Crippen molar-refractivity contribution in [2.75, 3.05) is 32.4 Å². The number of carbonyl (C=O) groups excluding carboxylic acids is 2. The number of pyridine rings is 1. The molecule has 30 heavy (non-hydrogen) atoms. The summed E-state index contributed by atoms with van der Waals surface area (Å²) >= 11 is 1.59. The standard InChI is InChI=1S/C24H31N3O2S/c1-26(17-14-21-9-5-6-15-25-21)23(28)13-12-20-8-7-16-27(18-20)24(29)19-30-22-10-3-2-4-11-22/h2-6,9-11,15,20H,7-8,12-14,16-19H2,1H3. The number of carbonyl (C=O) groups is 2. The number of likely N-dealkylation sites (tertiary alicyclic amines) is 1. The third kappa shape index (κ3) is 7.17. The van der Waals surface area contributed by atoms with E-state index in [1.54, 1.807) is 22.9 Å². The SMILES string of the molecule is CN(CCc1ccccn1)C(=O)CCC1CCCN(C(=O)CSc2ccccc2)C1. The molecule has 1 aromatic heterocycles. The van der Waals surface area contributed by atoms with Crippen molar-refractivity contribution in [1.29, 1.82) is 0 Å². The minimum Gasteiger partial charge on any atom is -0.345 e. The van der Waals surface area contributed by atoms with Crippen molar-refractivity contribution in [1.82, 2.24) is 14.8 Å². The van der Waals surface area contributed by atoms with Gasteiger partial charge in [0.1, 0.15) is 0 Å². The van der Waals surface area contributed by atoms with Gasteiger partial charge in [0.05, 0.1) is 5.75 Å². The van der Waals surface area contributed by atoms with Gasteiger partial charge in [-0.2, -0.15) is 0 Å². The molecular formula is C24H31N3O2S. The summed E-state index contributed by atoms with van der Waals surface area (Å²) in [6.45, 7) is 2.30. The molecule has 1 saturated heterocycles. The van der Waals surface area contributed by atoms with E-state index >= 15 is 0 Å². The number of piperidine rings is 1. The smallest absolute Gasteiger partial charge is 0.232 e. The molecule has 2 amide bonds. The lowest BCUT2D eigenvalue weighted by atomic mass is 9.93. The van der Waals surface area contributed by atoms with Crippen molar-refractivity contribution >= 4 is 23.6 Å². The predicted molar refractivity (Wildman–Crippen MR) is 121 cm³/mol. The molecular weight excluding hydrogens is 394 g/mol. The Hall–Kier alpha value is -2.34. The molecule has 1 aliphatic heterocycles. The summed E-state index contributed by atoms with van der Waals surface area (Å²) in [5, 5.41) is 0. The molecule has 1 atom stereocenters. The van der Waals surface area contributed by atoms with Crippen LogP contribution in [-0.2, 0) is 16.0 Å². The van der Waals surface area contributed by atoms with Gasteiger partial charge in [0.25, 0.3) is 0 Å². The van der Waals surface area contributed by atoms with Crippen LogP contribution in [0.2, 0.25) is 0 Å². The van der Waals surface area contributed by atoms with Gasteiger partial charge in [-0.25, -0.2) is 0 Å². The van der Waals surface area contributed by atoms with Crippen LogP contribution in [0.15, 0.2) is 59.6 Å². The Morgan fingerprint density at radius 1 is 1.17 bits per heavy atom. The maximum absolute atomic E-state index is 12.6. The van der Waals surface area contributed by atoms with E-state index in [1.807, 2.05) is 60.5 Å². The summed E-state index contributed by atoms with van der Waals surface area (Å²) in [5.41, 5.74) is 1.01. The molecule has 2 heterocycles. The Kier molecular flexibility index (Phi) is 8.75. The third-order valence-electron chi connectivity index (χ3n) is 5.60. The van der Waals surface area contributed by atoms with E-state index in [2.05, 4.69) is 4.98 Å². The molecule has 1 fully saturated rings. The zero-order chi connectivity index (χ0) is 21.2. The van der Waals surface area contributed by atoms with Gasteiger partial charge in [-0.05, 0) is 49.4 Å². The van der Waals surface area contributed by atoms with Crippen LogP contribution < -0.4 is 0 Å². The van der Waals surface area contributed by atoms with Gasteiger partial charge >= 0.3 is 0 Å². The number of benzene rings is 1. The van der Waals surface area contributed by atoms with Crippen molar-refractivity contribution in [3.63, 3.8) is 0 Å². The molecule has 0 radical (unpaired) electrons. The average molecular weight is 426 g/mol. The number of amides is 2. The number of nitrogens with zero attached hydrogens (tertiary/aromatic N) is 3. The molecule has 0 bridgehead atoms. The number of hydrogen-bond donors (Lipinski definition) is 0. The highest BCUT2D eigenvalue weighted by molar-refractivity contribution is 8.00. The minimum atomic E-state index is 0.175. The van der Waals surface area contributed by atoms with Crippen LogP contribution in [0.1, 0.15) is 31.4 Å². The van der Waals surface area contributed by atoms with E-state index in [-0.39, 0.29) is 11.8 Å². The molecule has 3 rings (SSSR count). The molecule has 160 valence electrons. The molecule has 6 heteroatoms. The summed E-state index contributed by atoms with van der Waals surface area (Å²) in [6, 6.07) is 15.9. The van der Waals surface area contributed by atoms with E-state index in [1.165, 1.54) is 0 Å². The first-order valence-corrected chi connectivity index (χ1v) is 11.7. The number of thioether (sulfide) groups is 1. The lowest BCUT2D eigenvalue weighted by Gasteiger charge is -2.33. The summed E-state index contributed by atoms with van der Waals surface area (Å²) in [7, 11) is 1.86. The third-order valence-corrected chi connectivity index (χ3v) is 6.60. The lowest BCUT2D eigenvalue weighted by Crippen LogP contribution is -2.41. The molecule has 0 saturated carbocycles. The summed E-state index contributed by atoms with van der Waals surface area (Å²) < 4.78 is 0. The van der Waals surface area contributed by atoms with E-state index in [9.17, 15) is 9.59 Å². The number of likely N-dealkylation sites (N-methyl/N-ethyl adjacent to an activating group) is 1. The van der Waals surface area contributed by atoms with Crippen molar-refractivity contribution in [2.24, 2.45) is 5.92 Å². The second-order valence-electron chi connectivity index (χ2n) is 7.87. The Labute approximate surface area is 183 Å². The number of hydrogen-bond acceptors (Lipinski definition) is 4. The van der Waals surface area contributed by atoms with Crippen molar-refractivity contribution in [2.45, 2.75) is 37.0 Å². The monoisotopic (exact) mass is 425 g/mol. The van der Waals surface area contributed by atoms with E-state index in [4.69, 9.17) is 0 Å². The zero-order valence-electron chi connectivity index (χ0n) is 17.7.